The Bertz CT molecular complexity index is 774. The third kappa shape index (κ3) is 2.42. The van der Waals surface area contributed by atoms with Crippen LogP contribution < -0.4 is 11.6 Å². The van der Waals surface area contributed by atoms with E-state index in [1.807, 2.05) is 6.07 Å². The lowest BCUT2D eigenvalue weighted by atomic mass is 10.0. The Morgan fingerprint density at radius 1 is 1.52 bits per heavy atom. The summed E-state index contributed by atoms with van der Waals surface area (Å²) in [6, 6.07) is 5.81. The number of anilines is 1. The lowest BCUT2D eigenvalue weighted by molar-refractivity contribution is 0.0665. The number of nitrogens with two attached hydrogens (primary N) is 2. The van der Waals surface area contributed by atoms with Crippen molar-refractivity contribution in [2.75, 3.05) is 11.6 Å². The van der Waals surface area contributed by atoms with E-state index < -0.39 is 11.8 Å². The molecule has 0 aliphatic heterocycles. The van der Waals surface area contributed by atoms with Crippen molar-refractivity contribution in [3.05, 3.63) is 54.3 Å². The van der Waals surface area contributed by atoms with Gasteiger partial charge in [0.15, 0.2) is 0 Å². The molecule has 7 heteroatoms. The number of esters is 1. The first-order valence-electron chi connectivity index (χ1n) is 5.77. The second kappa shape index (κ2) is 5.38. The zero-order valence-electron chi connectivity index (χ0n) is 10.8. The quantitative estimate of drug-likeness (QED) is 0.387. The highest BCUT2D eigenvalue weighted by atomic mass is 19.1. The van der Waals surface area contributed by atoms with Gasteiger partial charge in [0.05, 0.1) is 17.5 Å². The highest BCUT2D eigenvalue weighted by Crippen LogP contribution is 2.30. The highest BCUT2D eigenvalue weighted by molar-refractivity contribution is 5.99. The summed E-state index contributed by atoms with van der Waals surface area (Å²) >= 11 is 0. The maximum absolute atomic E-state index is 13.6. The fraction of sp³-hybridized carbons (Fsp3) is 0. The average molecular weight is 286 g/mol. The molecule has 2 aromatic rings. The van der Waals surface area contributed by atoms with Crippen LogP contribution in [-0.4, -0.2) is 10.6 Å². The number of halogens is 1. The third-order valence-electron chi connectivity index (χ3n) is 2.84. The number of benzene rings is 1. The molecule has 4 N–H and O–H groups in total. The predicted octanol–water partition coefficient (Wildman–Crippen LogP) is 1.76. The van der Waals surface area contributed by atoms with E-state index >= 15 is 0 Å². The Kier molecular flexibility index (Phi) is 3.63. The van der Waals surface area contributed by atoms with Gasteiger partial charge in [0.1, 0.15) is 17.6 Å². The number of nitrogens with zero attached hydrogens (tertiary/aromatic N) is 2. The summed E-state index contributed by atoms with van der Waals surface area (Å²) in [5, 5.41) is 9.17. The lowest BCUT2D eigenvalue weighted by Crippen LogP contribution is -2.08. The van der Waals surface area contributed by atoms with Crippen molar-refractivity contribution in [3.63, 3.8) is 0 Å². The van der Waals surface area contributed by atoms with Gasteiger partial charge in [-0.15, -0.1) is 0 Å². The Labute approximate surface area is 119 Å². The minimum atomic E-state index is -0.752. The molecule has 0 spiro atoms. The molecule has 0 amide bonds. The van der Waals surface area contributed by atoms with Crippen LogP contribution in [0.1, 0.15) is 16.1 Å². The molecule has 0 saturated heterocycles. The van der Waals surface area contributed by atoms with E-state index in [0.29, 0.717) is 5.56 Å². The zero-order valence-corrected chi connectivity index (χ0v) is 10.8. The largest absolute Gasteiger partial charge is 0.431 e. The molecular formula is C14H11FN4O2. The van der Waals surface area contributed by atoms with E-state index in [1.165, 1.54) is 18.3 Å². The van der Waals surface area contributed by atoms with Crippen molar-refractivity contribution in [3.8, 4) is 17.2 Å². The van der Waals surface area contributed by atoms with Gasteiger partial charge in [-0.05, 0) is 17.7 Å². The van der Waals surface area contributed by atoms with Crippen LogP contribution in [0.4, 0.5) is 10.1 Å². The van der Waals surface area contributed by atoms with Crippen molar-refractivity contribution in [1.29, 1.82) is 5.26 Å². The van der Waals surface area contributed by atoms with Gasteiger partial charge < -0.3 is 16.3 Å². The first kappa shape index (κ1) is 14.1. The predicted molar refractivity (Wildman–Crippen MR) is 74.7 cm³/mol. The summed E-state index contributed by atoms with van der Waals surface area (Å²) in [6.45, 7) is 3.28. The third-order valence-corrected chi connectivity index (χ3v) is 2.84. The molecule has 1 heterocycles. The van der Waals surface area contributed by atoms with E-state index in [9.17, 15) is 9.18 Å². The molecule has 0 bridgehead atoms. The minimum Gasteiger partial charge on any atom is -0.431 e. The Balaban J connectivity index is 2.70. The van der Waals surface area contributed by atoms with Gasteiger partial charge in [-0.1, -0.05) is 12.6 Å². The maximum atomic E-state index is 13.6. The molecule has 0 fully saturated rings. The van der Waals surface area contributed by atoms with E-state index in [2.05, 4.69) is 11.3 Å². The Morgan fingerprint density at radius 2 is 2.24 bits per heavy atom. The van der Waals surface area contributed by atoms with Crippen molar-refractivity contribution in [2.45, 2.75) is 0 Å². The Morgan fingerprint density at radius 3 is 2.81 bits per heavy atom. The first-order chi connectivity index (χ1) is 9.99. The molecule has 2 rings (SSSR count). The number of nitrogen functional groups attached to an aromatic ring is 2. The van der Waals surface area contributed by atoms with Crippen molar-refractivity contribution >= 4 is 11.7 Å². The topological polar surface area (TPSA) is 107 Å². The van der Waals surface area contributed by atoms with E-state index in [-0.39, 0.29) is 22.5 Å². The summed E-state index contributed by atoms with van der Waals surface area (Å²) < 4.78 is 19.3. The second-order valence-corrected chi connectivity index (χ2v) is 4.09. The van der Waals surface area contributed by atoms with Gasteiger partial charge in [0, 0.05) is 11.8 Å². The van der Waals surface area contributed by atoms with Crippen molar-refractivity contribution < 1.29 is 13.9 Å². The Hall–Kier alpha value is -3.27. The summed E-state index contributed by atoms with van der Waals surface area (Å²) in [6.07, 6.45) is 2.18. The number of nitriles is 1. The molecular weight excluding hydrogens is 275 g/mol. The average Bonchev–Trinajstić information content (AvgIpc) is 2.79. The van der Waals surface area contributed by atoms with Gasteiger partial charge in [0.2, 0.25) is 0 Å². The van der Waals surface area contributed by atoms with Gasteiger partial charge in [-0.3, -0.25) is 4.68 Å². The van der Waals surface area contributed by atoms with Gasteiger partial charge in [-0.2, -0.15) is 5.26 Å². The maximum Gasteiger partial charge on any atom is 0.345 e. The van der Waals surface area contributed by atoms with Crippen LogP contribution in [-0.2, 0) is 4.74 Å². The van der Waals surface area contributed by atoms with E-state index in [0.717, 1.165) is 17.0 Å². The summed E-state index contributed by atoms with van der Waals surface area (Å²) in [5.74, 6) is 4.22. The van der Waals surface area contributed by atoms with E-state index in [4.69, 9.17) is 16.8 Å². The van der Waals surface area contributed by atoms with Gasteiger partial charge in [0.25, 0.3) is 0 Å². The highest BCUT2D eigenvalue weighted by Gasteiger charge is 2.23. The number of rotatable bonds is 3. The van der Waals surface area contributed by atoms with Crippen LogP contribution in [0.25, 0.3) is 11.1 Å². The van der Waals surface area contributed by atoms with Crippen LogP contribution in [0.5, 0.6) is 0 Å². The normalized spacial score (nSPS) is 9.90. The molecule has 6 nitrogen and oxygen atoms in total. The number of ether oxygens (including phenoxy) is 1. The summed E-state index contributed by atoms with van der Waals surface area (Å²) in [5.41, 5.74) is 5.86. The standard InChI is InChI=1S/C14H11FN4O2/c1-2-21-14(20)9-7-19(18)12(6-16)13(9)8-3-4-11(17)10(15)5-8/h2-5,7H,1,17-18H2. The van der Waals surface area contributed by atoms with E-state index in [1.54, 1.807) is 0 Å². The minimum absolute atomic E-state index is 0.00446. The van der Waals surface area contributed by atoms with Crippen LogP contribution in [0.3, 0.4) is 0 Å². The SMILES string of the molecule is C=COC(=O)c1cn(N)c(C#N)c1-c1ccc(N)c(F)c1. The monoisotopic (exact) mass is 286 g/mol. The molecule has 0 aliphatic rings. The number of hydrogen-bond acceptors (Lipinski definition) is 5. The van der Waals surface area contributed by atoms with Crippen molar-refractivity contribution in [2.24, 2.45) is 0 Å². The number of hydrogen-bond donors (Lipinski definition) is 2. The number of aromatic nitrogens is 1. The van der Waals surface area contributed by atoms with Crippen molar-refractivity contribution in [1.82, 2.24) is 4.68 Å². The van der Waals surface area contributed by atoms with Crippen LogP contribution in [0.2, 0.25) is 0 Å². The fourth-order valence-corrected chi connectivity index (χ4v) is 1.91. The molecule has 0 atom stereocenters. The zero-order chi connectivity index (χ0) is 15.6. The fourth-order valence-electron chi connectivity index (χ4n) is 1.91. The molecule has 1 aromatic carbocycles. The van der Waals surface area contributed by atoms with Gasteiger partial charge in [-0.25, -0.2) is 9.18 Å². The number of carbonyl (C=O) groups excluding carboxylic acids is 1. The second-order valence-electron chi connectivity index (χ2n) is 4.09. The molecule has 0 unspecified atom stereocenters. The van der Waals surface area contributed by atoms with Crippen LogP contribution in [0, 0.1) is 17.1 Å². The molecule has 1 aromatic heterocycles. The number of carbonyl (C=O) groups is 1. The van der Waals surface area contributed by atoms with Crippen LogP contribution >= 0.6 is 0 Å². The molecule has 21 heavy (non-hydrogen) atoms. The molecule has 0 aliphatic carbocycles. The van der Waals surface area contributed by atoms with Crippen LogP contribution in [0.15, 0.2) is 37.2 Å². The molecule has 0 saturated carbocycles. The molecule has 106 valence electrons. The van der Waals surface area contributed by atoms with Gasteiger partial charge >= 0.3 is 5.97 Å². The molecule has 0 radical (unpaired) electrons. The smallest absolute Gasteiger partial charge is 0.345 e. The summed E-state index contributed by atoms with van der Waals surface area (Å²) in [7, 11) is 0. The summed E-state index contributed by atoms with van der Waals surface area (Å²) in [4.78, 5) is 11.9. The lowest BCUT2D eigenvalue weighted by Gasteiger charge is -2.05. The first-order valence-corrected chi connectivity index (χ1v) is 5.77.